The van der Waals surface area contributed by atoms with E-state index in [1.165, 1.54) is 24.8 Å². The van der Waals surface area contributed by atoms with Crippen LogP contribution in [0.15, 0.2) is 37.1 Å². The van der Waals surface area contributed by atoms with Gasteiger partial charge in [0.05, 0.1) is 23.7 Å². The maximum absolute atomic E-state index is 12.1. The summed E-state index contributed by atoms with van der Waals surface area (Å²) < 4.78 is 1.54. The first kappa shape index (κ1) is 13.6. The summed E-state index contributed by atoms with van der Waals surface area (Å²) in [5.74, 6) is -1.06. The van der Waals surface area contributed by atoms with E-state index in [-0.39, 0.29) is 5.69 Å². The molecule has 0 aliphatic carbocycles. The van der Waals surface area contributed by atoms with Crippen LogP contribution >= 0.6 is 0 Å². The lowest BCUT2D eigenvalue weighted by Crippen LogP contribution is -2.42. The maximum Gasteiger partial charge on any atom is 0.289 e. The van der Waals surface area contributed by atoms with Gasteiger partial charge in [0.15, 0.2) is 5.65 Å². The van der Waals surface area contributed by atoms with Crippen LogP contribution in [0.2, 0.25) is 0 Å². The van der Waals surface area contributed by atoms with Gasteiger partial charge < -0.3 is 0 Å². The van der Waals surface area contributed by atoms with Crippen molar-refractivity contribution in [3.8, 4) is 0 Å². The largest absolute Gasteiger partial charge is 0.289 e. The molecule has 0 aromatic carbocycles. The predicted molar refractivity (Wildman–Crippen MR) is 74.7 cm³/mol. The number of rotatable bonds is 2. The van der Waals surface area contributed by atoms with Crippen molar-refractivity contribution in [2.75, 3.05) is 0 Å². The van der Waals surface area contributed by atoms with E-state index in [2.05, 4.69) is 30.9 Å². The summed E-state index contributed by atoms with van der Waals surface area (Å²) >= 11 is 0. The molecular formula is C13H11N7O2. The van der Waals surface area contributed by atoms with Gasteiger partial charge in [0.1, 0.15) is 5.69 Å². The van der Waals surface area contributed by atoms with E-state index >= 15 is 0 Å². The minimum Gasteiger partial charge on any atom is -0.267 e. The molecule has 0 spiro atoms. The summed E-state index contributed by atoms with van der Waals surface area (Å²) in [7, 11) is 0. The number of aryl methyl sites for hydroxylation is 1. The number of hydrogen-bond acceptors (Lipinski definition) is 6. The van der Waals surface area contributed by atoms with Gasteiger partial charge in [-0.1, -0.05) is 0 Å². The average molecular weight is 297 g/mol. The fourth-order valence-electron chi connectivity index (χ4n) is 1.87. The van der Waals surface area contributed by atoms with Crippen LogP contribution in [0, 0.1) is 6.92 Å². The minimum atomic E-state index is -0.563. The fourth-order valence-corrected chi connectivity index (χ4v) is 1.87. The quantitative estimate of drug-likeness (QED) is 0.639. The molecule has 0 unspecified atom stereocenters. The molecule has 0 aliphatic rings. The maximum atomic E-state index is 12.1. The summed E-state index contributed by atoms with van der Waals surface area (Å²) in [4.78, 5) is 35.6. The fraction of sp³-hybridized carbons (Fsp3) is 0.0769. The van der Waals surface area contributed by atoms with Crippen molar-refractivity contribution in [2.45, 2.75) is 6.92 Å². The number of carbonyl (C=O) groups excluding carboxylic acids is 2. The Hall–Kier alpha value is -3.36. The van der Waals surface area contributed by atoms with E-state index in [0.717, 1.165) is 0 Å². The van der Waals surface area contributed by atoms with Crippen LogP contribution in [-0.4, -0.2) is 36.4 Å². The molecule has 2 amide bonds. The van der Waals surface area contributed by atoms with Crippen LogP contribution in [-0.2, 0) is 0 Å². The highest BCUT2D eigenvalue weighted by molar-refractivity contribution is 5.98. The number of nitrogens with one attached hydrogen (secondary N) is 2. The third-order valence-electron chi connectivity index (χ3n) is 2.99. The Morgan fingerprint density at radius 1 is 1.05 bits per heavy atom. The van der Waals surface area contributed by atoms with E-state index < -0.39 is 11.8 Å². The second kappa shape index (κ2) is 5.56. The van der Waals surface area contributed by atoms with Crippen molar-refractivity contribution >= 4 is 17.5 Å². The number of amides is 2. The van der Waals surface area contributed by atoms with Crippen molar-refractivity contribution in [3.05, 3.63) is 54.0 Å². The first-order chi connectivity index (χ1) is 10.7. The second-order valence-corrected chi connectivity index (χ2v) is 4.36. The second-order valence-electron chi connectivity index (χ2n) is 4.36. The van der Waals surface area contributed by atoms with Gasteiger partial charge in [0.25, 0.3) is 11.8 Å². The van der Waals surface area contributed by atoms with E-state index in [9.17, 15) is 9.59 Å². The van der Waals surface area contributed by atoms with Gasteiger partial charge in [-0.3, -0.25) is 25.4 Å². The Labute approximate surface area is 124 Å². The number of aromatic nitrogens is 5. The lowest BCUT2D eigenvalue weighted by molar-refractivity contribution is 0.0842. The van der Waals surface area contributed by atoms with Crippen molar-refractivity contribution in [1.82, 2.24) is 35.4 Å². The number of nitrogens with zero attached hydrogens (tertiary/aromatic N) is 5. The monoisotopic (exact) mass is 297 g/mol. The molecular weight excluding hydrogens is 286 g/mol. The molecule has 0 saturated heterocycles. The molecule has 0 fully saturated rings. The molecule has 3 heterocycles. The van der Waals surface area contributed by atoms with Crippen molar-refractivity contribution in [3.63, 3.8) is 0 Å². The van der Waals surface area contributed by atoms with Gasteiger partial charge in [-0.2, -0.15) is 5.10 Å². The normalized spacial score (nSPS) is 10.4. The Kier molecular flexibility index (Phi) is 3.44. The predicted octanol–water partition coefficient (Wildman–Crippen LogP) is -0.0975. The first-order valence-corrected chi connectivity index (χ1v) is 6.33. The van der Waals surface area contributed by atoms with Gasteiger partial charge in [0.2, 0.25) is 0 Å². The van der Waals surface area contributed by atoms with Crippen LogP contribution < -0.4 is 10.9 Å². The molecule has 3 aromatic heterocycles. The molecule has 3 aromatic rings. The zero-order valence-corrected chi connectivity index (χ0v) is 11.5. The summed E-state index contributed by atoms with van der Waals surface area (Å²) in [5, 5.41) is 4.07. The molecule has 0 aliphatic heterocycles. The van der Waals surface area contributed by atoms with Gasteiger partial charge in [-0.05, 0) is 6.92 Å². The standard InChI is InChI=1S/C13H11N7O2/c1-8-9(6-16-11-2-3-17-20(8)11)12(21)18-19-13(22)10-7-14-4-5-15-10/h2-7H,1H3,(H,18,21)(H,19,22). The van der Waals surface area contributed by atoms with Crippen molar-refractivity contribution in [2.24, 2.45) is 0 Å². The molecule has 0 atom stereocenters. The summed E-state index contributed by atoms with van der Waals surface area (Å²) in [6, 6.07) is 1.73. The Morgan fingerprint density at radius 3 is 2.64 bits per heavy atom. The number of hydrazine groups is 1. The zero-order valence-electron chi connectivity index (χ0n) is 11.5. The smallest absolute Gasteiger partial charge is 0.267 e. The zero-order chi connectivity index (χ0) is 15.5. The van der Waals surface area contributed by atoms with Crippen LogP contribution in [0.4, 0.5) is 0 Å². The lowest BCUT2D eigenvalue weighted by atomic mass is 10.2. The van der Waals surface area contributed by atoms with Gasteiger partial charge in [0, 0.05) is 24.7 Å². The third kappa shape index (κ3) is 2.46. The summed E-state index contributed by atoms with van der Waals surface area (Å²) in [6.45, 7) is 1.74. The molecule has 9 heteroatoms. The van der Waals surface area contributed by atoms with Crippen molar-refractivity contribution < 1.29 is 9.59 Å². The Bertz CT molecular complexity index is 844. The SMILES string of the molecule is Cc1c(C(=O)NNC(=O)c2cnccn2)cnc2ccnn12. The van der Waals surface area contributed by atoms with E-state index in [1.54, 1.807) is 23.7 Å². The van der Waals surface area contributed by atoms with Gasteiger partial charge in [-0.25, -0.2) is 14.5 Å². The highest BCUT2D eigenvalue weighted by Crippen LogP contribution is 2.08. The summed E-state index contributed by atoms with van der Waals surface area (Å²) in [5.41, 5.74) is 6.22. The molecule has 22 heavy (non-hydrogen) atoms. The minimum absolute atomic E-state index is 0.0974. The average Bonchev–Trinajstić information content (AvgIpc) is 3.03. The molecule has 2 N–H and O–H groups in total. The van der Waals surface area contributed by atoms with Crippen LogP contribution in [0.5, 0.6) is 0 Å². The van der Waals surface area contributed by atoms with E-state index in [0.29, 0.717) is 16.9 Å². The van der Waals surface area contributed by atoms with Crippen molar-refractivity contribution in [1.29, 1.82) is 0 Å². The molecule has 0 bridgehead atoms. The number of hydrogen-bond donors (Lipinski definition) is 2. The lowest BCUT2D eigenvalue weighted by Gasteiger charge is -2.09. The summed E-state index contributed by atoms with van der Waals surface area (Å²) in [6.07, 6.45) is 7.15. The van der Waals surface area contributed by atoms with E-state index in [4.69, 9.17) is 0 Å². The molecule has 0 saturated carbocycles. The topological polar surface area (TPSA) is 114 Å². The van der Waals surface area contributed by atoms with Gasteiger partial charge >= 0.3 is 0 Å². The molecule has 0 radical (unpaired) electrons. The number of carbonyl (C=O) groups is 2. The van der Waals surface area contributed by atoms with Crippen LogP contribution in [0.3, 0.4) is 0 Å². The van der Waals surface area contributed by atoms with Crippen LogP contribution in [0.25, 0.3) is 5.65 Å². The molecule has 3 rings (SSSR count). The molecule has 110 valence electrons. The Morgan fingerprint density at radius 2 is 1.86 bits per heavy atom. The third-order valence-corrected chi connectivity index (χ3v) is 2.99. The Balaban J connectivity index is 1.74. The van der Waals surface area contributed by atoms with E-state index in [1.807, 2.05) is 0 Å². The highest BCUT2D eigenvalue weighted by atomic mass is 16.2. The molecule has 9 nitrogen and oxygen atoms in total. The number of fused-ring (bicyclic) bond motifs is 1. The van der Waals surface area contributed by atoms with Gasteiger partial charge in [-0.15, -0.1) is 0 Å². The van der Waals surface area contributed by atoms with Crippen LogP contribution in [0.1, 0.15) is 26.5 Å². The first-order valence-electron chi connectivity index (χ1n) is 6.33. The highest BCUT2D eigenvalue weighted by Gasteiger charge is 2.14.